The Morgan fingerprint density at radius 3 is 2.41 bits per heavy atom. The molecule has 2 rings (SSSR count). The number of aromatic nitrogens is 2. The monoisotopic (exact) mass is 323 g/mol. The van der Waals surface area contributed by atoms with Gasteiger partial charge in [-0.25, -0.2) is 9.97 Å². The van der Waals surface area contributed by atoms with E-state index in [0.717, 1.165) is 37.1 Å². The van der Waals surface area contributed by atoms with Crippen LogP contribution in [0.15, 0.2) is 11.2 Å². The summed E-state index contributed by atoms with van der Waals surface area (Å²) >= 11 is 1.41. The smallest absolute Gasteiger partial charge is 0.233 e. The third-order valence-electron chi connectivity index (χ3n) is 3.97. The average Bonchev–Trinajstić information content (AvgIpc) is 2.46. The Morgan fingerprint density at radius 1 is 1.27 bits per heavy atom. The number of hydrogen-bond donors (Lipinski definition) is 1. The van der Waals surface area contributed by atoms with Crippen molar-refractivity contribution in [1.29, 1.82) is 0 Å². The van der Waals surface area contributed by atoms with Crippen LogP contribution in [0.25, 0.3) is 0 Å². The van der Waals surface area contributed by atoms with Crippen LogP contribution in [0.5, 0.6) is 0 Å². The second-order valence-electron chi connectivity index (χ2n) is 5.91. The van der Waals surface area contributed by atoms with Gasteiger partial charge in [0.05, 0.1) is 11.4 Å². The fraction of sp³-hybridized carbons (Fsp3) is 0.688. The van der Waals surface area contributed by atoms with E-state index >= 15 is 0 Å². The minimum Gasteiger partial charge on any atom is -0.381 e. The summed E-state index contributed by atoms with van der Waals surface area (Å²) in [4.78, 5) is 21.1. The van der Waals surface area contributed by atoms with Crippen molar-refractivity contribution in [2.75, 3.05) is 7.11 Å². The molecule has 5 nitrogen and oxygen atoms in total. The van der Waals surface area contributed by atoms with E-state index in [-0.39, 0.29) is 17.2 Å². The molecule has 1 aliphatic rings. The van der Waals surface area contributed by atoms with Gasteiger partial charge in [-0.05, 0) is 52.5 Å². The molecule has 1 aromatic rings. The van der Waals surface area contributed by atoms with Gasteiger partial charge < -0.3 is 10.1 Å². The first-order valence-corrected chi connectivity index (χ1v) is 8.68. The molecule has 0 saturated heterocycles. The maximum atomic E-state index is 12.3. The van der Waals surface area contributed by atoms with Gasteiger partial charge in [-0.3, -0.25) is 4.79 Å². The van der Waals surface area contributed by atoms with Crippen LogP contribution < -0.4 is 5.32 Å². The second kappa shape index (κ2) is 7.92. The third kappa shape index (κ3) is 4.95. The summed E-state index contributed by atoms with van der Waals surface area (Å²) in [7, 11) is 1.76. The molecule has 0 spiro atoms. The highest BCUT2D eigenvalue weighted by Crippen LogP contribution is 2.23. The van der Waals surface area contributed by atoms with Gasteiger partial charge in [0.25, 0.3) is 0 Å². The molecule has 1 unspecified atom stereocenters. The van der Waals surface area contributed by atoms with E-state index < -0.39 is 0 Å². The van der Waals surface area contributed by atoms with E-state index in [1.165, 1.54) is 11.8 Å². The third-order valence-corrected chi connectivity index (χ3v) is 4.93. The molecule has 0 aromatic carbocycles. The standard InChI is InChI=1S/C16H25N3O2S/c1-10-9-11(2)18-16(17-10)22-12(3)15(20)19-13-5-7-14(21-4)8-6-13/h9,12-14H,5-8H2,1-4H3,(H,19,20). The van der Waals surface area contributed by atoms with E-state index in [1.54, 1.807) is 7.11 Å². The summed E-state index contributed by atoms with van der Waals surface area (Å²) in [5.74, 6) is 0.0635. The predicted molar refractivity (Wildman–Crippen MR) is 88.0 cm³/mol. The molecule has 1 saturated carbocycles. The van der Waals surface area contributed by atoms with Gasteiger partial charge in [-0.2, -0.15) is 0 Å². The van der Waals surface area contributed by atoms with Crippen LogP contribution in [0.3, 0.4) is 0 Å². The lowest BCUT2D eigenvalue weighted by atomic mass is 9.93. The van der Waals surface area contributed by atoms with E-state index in [1.807, 2.05) is 26.8 Å². The molecule has 0 bridgehead atoms. The molecule has 122 valence electrons. The van der Waals surface area contributed by atoms with Gasteiger partial charge in [-0.15, -0.1) is 0 Å². The molecule has 22 heavy (non-hydrogen) atoms. The number of nitrogens with zero attached hydrogens (tertiary/aromatic N) is 2. The van der Waals surface area contributed by atoms with Crippen LogP contribution in [0.2, 0.25) is 0 Å². The molecular weight excluding hydrogens is 298 g/mol. The number of ether oxygens (including phenoxy) is 1. The van der Waals surface area contributed by atoms with E-state index in [9.17, 15) is 4.79 Å². The zero-order valence-corrected chi connectivity index (χ0v) is 14.6. The lowest BCUT2D eigenvalue weighted by molar-refractivity contribution is -0.121. The van der Waals surface area contributed by atoms with Gasteiger partial charge in [0.1, 0.15) is 0 Å². The number of rotatable bonds is 5. The van der Waals surface area contributed by atoms with E-state index in [4.69, 9.17) is 4.74 Å². The normalized spacial score (nSPS) is 23.1. The Bertz CT molecular complexity index is 496. The molecule has 1 heterocycles. The molecule has 1 amide bonds. The molecule has 1 atom stereocenters. The first kappa shape index (κ1) is 17.2. The van der Waals surface area contributed by atoms with Crippen molar-refractivity contribution in [3.8, 4) is 0 Å². The van der Waals surface area contributed by atoms with Crippen molar-refractivity contribution in [3.05, 3.63) is 17.5 Å². The molecule has 1 N–H and O–H groups in total. The highest BCUT2D eigenvalue weighted by Gasteiger charge is 2.24. The Balaban J connectivity index is 1.84. The Hall–Kier alpha value is -1.14. The number of hydrogen-bond acceptors (Lipinski definition) is 5. The van der Waals surface area contributed by atoms with Crippen LogP contribution >= 0.6 is 11.8 Å². The maximum absolute atomic E-state index is 12.3. The van der Waals surface area contributed by atoms with Crippen molar-refractivity contribution < 1.29 is 9.53 Å². The Labute approximate surface area is 136 Å². The van der Waals surface area contributed by atoms with Crippen molar-refractivity contribution >= 4 is 17.7 Å². The number of carbonyl (C=O) groups excluding carboxylic acids is 1. The minimum atomic E-state index is -0.193. The molecule has 1 fully saturated rings. The molecular formula is C16H25N3O2S. The topological polar surface area (TPSA) is 64.1 Å². The summed E-state index contributed by atoms with van der Waals surface area (Å²) in [5, 5.41) is 3.62. The first-order valence-electron chi connectivity index (χ1n) is 7.80. The number of carbonyl (C=O) groups is 1. The van der Waals surface area contributed by atoms with E-state index in [0.29, 0.717) is 11.3 Å². The SMILES string of the molecule is COC1CCC(NC(=O)C(C)Sc2nc(C)cc(C)n2)CC1. The summed E-state index contributed by atoms with van der Waals surface area (Å²) in [5.41, 5.74) is 1.86. The lowest BCUT2D eigenvalue weighted by Gasteiger charge is -2.28. The summed E-state index contributed by atoms with van der Waals surface area (Å²) in [6, 6.07) is 2.20. The van der Waals surface area contributed by atoms with Crippen LogP contribution in [0.4, 0.5) is 0 Å². The van der Waals surface area contributed by atoms with Crippen molar-refractivity contribution in [2.45, 2.75) is 69.0 Å². The maximum Gasteiger partial charge on any atom is 0.233 e. The second-order valence-corrected chi connectivity index (χ2v) is 7.22. The zero-order chi connectivity index (χ0) is 16.1. The van der Waals surface area contributed by atoms with Crippen molar-refractivity contribution in [2.24, 2.45) is 0 Å². The molecule has 1 aliphatic carbocycles. The van der Waals surface area contributed by atoms with Gasteiger partial charge in [0.15, 0.2) is 5.16 Å². The number of aryl methyl sites for hydroxylation is 2. The summed E-state index contributed by atoms with van der Waals surface area (Å²) < 4.78 is 5.36. The van der Waals surface area contributed by atoms with Gasteiger partial charge >= 0.3 is 0 Å². The van der Waals surface area contributed by atoms with Crippen molar-refractivity contribution in [3.63, 3.8) is 0 Å². The fourth-order valence-corrected chi connectivity index (χ4v) is 3.60. The lowest BCUT2D eigenvalue weighted by Crippen LogP contribution is -2.42. The van der Waals surface area contributed by atoms with Crippen LogP contribution in [0, 0.1) is 13.8 Å². The number of amides is 1. The molecule has 0 aliphatic heterocycles. The van der Waals surface area contributed by atoms with Gasteiger partial charge in [-0.1, -0.05) is 11.8 Å². The average molecular weight is 323 g/mol. The fourth-order valence-electron chi connectivity index (χ4n) is 2.72. The number of nitrogens with one attached hydrogen (secondary N) is 1. The molecule has 6 heteroatoms. The predicted octanol–water partition coefficient (Wildman–Crippen LogP) is 2.65. The largest absolute Gasteiger partial charge is 0.381 e. The van der Waals surface area contributed by atoms with Crippen LogP contribution in [-0.2, 0) is 9.53 Å². The quantitative estimate of drug-likeness (QED) is 0.666. The highest BCUT2D eigenvalue weighted by molar-refractivity contribution is 8.00. The highest BCUT2D eigenvalue weighted by atomic mass is 32.2. The summed E-state index contributed by atoms with van der Waals surface area (Å²) in [6.07, 6.45) is 4.36. The van der Waals surface area contributed by atoms with E-state index in [2.05, 4.69) is 15.3 Å². The molecule has 0 radical (unpaired) electrons. The Morgan fingerprint density at radius 2 is 1.86 bits per heavy atom. The summed E-state index contributed by atoms with van der Waals surface area (Å²) in [6.45, 7) is 5.79. The zero-order valence-electron chi connectivity index (χ0n) is 13.8. The van der Waals surface area contributed by atoms with Gasteiger partial charge in [0.2, 0.25) is 5.91 Å². The minimum absolute atomic E-state index is 0.0635. The van der Waals surface area contributed by atoms with Crippen LogP contribution in [-0.4, -0.2) is 40.4 Å². The van der Waals surface area contributed by atoms with Crippen molar-refractivity contribution in [1.82, 2.24) is 15.3 Å². The Kier molecular flexibility index (Phi) is 6.20. The number of thioether (sulfide) groups is 1. The van der Waals surface area contributed by atoms with Crippen LogP contribution in [0.1, 0.15) is 44.0 Å². The number of methoxy groups -OCH3 is 1. The molecule has 1 aromatic heterocycles. The first-order chi connectivity index (χ1) is 10.5. The van der Waals surface area contributed by atoms with Gasteiger partial charge in [0, 0.05) is 24.5 Å².